The fraction of sp³-hybridized carbons (Fsp3) is 0.0714. The van der Waals surface area contributed by atoms with Gasteiger partial charge in [0.15, 0.2) is 5.78 Å². The highest BCUT2D eigenvalue weighted by atomic mass is 79.9. The van der Waals surface area contributed by atoms with Crippen molar-refractivity contribution in [1.82, 2.24) is 0 Å². The van der Waals surface area contributed by atoms with Gasteiger partial charge in [-0.25, -0.2) is 0 Å². The average Bonchev–Trinajstić information content (AvgIpc) is 2.29. The van der Waals surface area contributed by atoms with Crippen LogP contribution < -0.4 is 0 Å². The van der Waals surface area contributed by atoms with Crippen molar-refractivity contribution in [3.63, 3.8) is 0 Å². The van der Waals surface area contributed by atoms with Crippen LogP contribution in [0, 0.1) is 6.92 Å². The van der Waals surface area contributed by atoms with Gasteiger partial charge in [0.1, 0.15) is 0 Å². The third kappa shape index (κ3) is 2.76. The first kappa shape index (κ1) is 12.3. The Kier molecular flexibility index (Phi) is 3.65. The van der Waals surface area contributed by atoms with E-state index in [-0.39, 0.29) is 5.78 Å². The van der Waals surface area contributed by atoms with E-state index in [0.29, 0.717) is 16.1 Å². The number of aryl methyl sites for hydroxylation is 1. The quantitative estimate of drug-likeness (QED) is 0.738. The third-order valence-corrected chi connectivity index (χ3v) is 3.32. The second-order valence-corrected chi connectivity index (χ2v) is 5.14. The van der Waals surface area contributed by atoms with Crippen LogP contribution in [0.3, 0.4) is 0 Å². The second kappa shape index (κ2) is 5.03. The minimum Gasteiger partial charge on any atom is -0.289 e. The molecule has 86 valence electrons. The lowest BCUT2D eigenvalue weighted by molar-refractivity contribution is 0.103. The third-order valence-electron chi connectivity index (χ3n) is 2.48. The summed E-state index contributed by atoms with van der Waals surface area (Å²) in [4.78, 5) is 12.2. The van der Waals surface area contributed by atoms with E-state index in [1.807, 2.05) is 25.1 Å². The number of carbonyl (C=O) groups is 1. The zero-order valence-corrected chi connectivity index (χ0v) is 11.5. The van der Waals surface area contributed by atoms with Crippen molar-refractivity contribution in [2.24, 2.45) is 0 Å². The molecule has 3 heteroatoms. The number of hydrogen-bond donors (Lipinski definition) is 0. The van der Waals surface area contributed by atoms with Crippen molar-refractivity contribution in [2.75, 3.05) is 0 Å². The van der Waals surface area contributed by atoms with E-state index < -0.39 is 0 Å². The Balaban J connectivity index is 2.40. The fourth-order valence-electron chi connectivity index (χ4n) is 1.56. The average molecular weight is 310 g/mol. The molecular weight excluding hydrogens is 300 g/mol. The number of rotatable bonds is 2. The van der Waals surface area contributed by atoms with Crippen LogP contribution in [0.1, 0.15) is 21.5 Å². The van der Waals surface area contributed by atoms with Crippen LogP contribution in [0.2, 0.25) is 5.02 Å². The molecule has 0 fully saturated rings. The Morgan fingerprint density at radius 2 is 1.76 bits per heavy atom. The smallest absolute Gasteiger partial charge is 0.194 e. The van der Waals surface area contributed by atoms with Crippen molar-refractivity contribution >= 4 is 33.3 Å². The number of benzene rings is 2. The lowest BCUT2D eigenvalue weighted by Gasteiger charge is -2.04. The maximum absolute atomic E-state index is 12.2. The van der Waals surface area contributed by atoms with E-state index in [1.54, 1.807) is 24.3 Å². The Morgan fingerprint density at radius 3 is 2.35 bits per heavy atom. The summed E-state index contributed by atoms with van der Waals surface area (Å²) in [5.41, 5.74) is 2.22. The number of ketones is 1. The van der Waals surface area contributed by atoms with Crippen LogP contribution >= 0.6 is 27.5 Å². The molecule has 0 aliphatic heterocycles. The van der Waals surface area contributed by atoms with E-state index >= 15 is 0 Å². The maximum atomic E-state index is 12.2. The van der Waals surface area contributed by atoms with Crippen LogP contribution in [0.5, 0.6) is 0 Å². The molecule has 0 heterocycles. The van der Waals surface area contributed by atoms with Gasteiger partial charge in [0.2, 0.25) is 0 Å². The Hall–Kier alpha value is -1.12. The summed E-state index contributed by atoms with van der Waals surface area (Å²) in [5.74, 6) is -0.0532. The molecule has 0 atom stereocenters. The Bertz CT molecular complexity index is 561. The van der Waals surface area contributed by atoms with Crippen LogP contribution in [-0.4, -0.2) is 5.78 Å². The molecule has 2 aromatic rings. The van der Waals surface area contributed by atoms with Gasteiger partial charge in [-0.05, 0) is 48.9 Å². The molecular formula is C14H10BrClO. The Labute approximate surface area is 114 Å². The van der Waals surface area contributed by atoms with E-state index in [4.69, 9.17) is 11.6 Å². The van der Waals surface area contributed by atoms with Crippen LogP contribution in [0.15, 0.2) is 46.9 Å². The molecule has 0 aliphatic rings. The first-order valence-corrected chi connectivity index (χ1v) is 6.31. The highest BCUT2D eigenvalue weighted by Gasteiger charge is 2.12. The van der Waals surface area contributed by atoms with Crippen molar-refractivity contribution in [3.8, 4) is 0 Å². The highest BCUT2D eigenvalue weighted by Crippen LogP contribution is 2.21. The van der Waals surface area contributed by atoms with Crippen LogP contribution in [0.25, 0.3) is 0 Å². The molecule has 0 unspecified atom stereocenters. The van der Waals surface area contributed by atoms with Crippen molar-refractivity contribution in [2.45, 2.75) is 6.92 Å². The van der Waals surface area contributed by atoms with Gasteiger partial charge in [0.05, 0.1) is 5.02 Å². The minimum atomic E-state index is -0.0532. The van der Waals surface area contributed by atoms with Gasteiger partial charge in [0.25, 0.3) is 0 Å². The van der Waals surface area contributed by atoms with E-state index in [0.717, 1.165) is 10.0 Å². The molecule has 0 aromatic heterocycles. The molecule has 0 saturated carbocycles. The summed E-state index contributed by atoms with van der Waals surface area (Å²) in [7, 11) is 0. The molecule has 1 nitrogen and oxygen atoms in total. The summed E-state index contributed by atoms with van der Waals surface area (Å²) < 4.78 is 0.948. The van der Waals surface area contributed by atoms with Gasteiger partial charge in [-0.1, -0.05) is 33.6 Å². The van der Waals surface area contributed by atoms with E-state index in [1.165, 1.54) is 0 Å². The van der Waals surface area contributed by atoms with Gasteiger partial charge >= 0.3 is 0 Å². The summed E-state index contributed by atoms with van der Waals surface area (Å²) in [6.45, 7) is 1.94. The molecule has 0 amide bonds. The van der Waals surface area contributed by atoms with Gasteiger partial charge in [0, 0.05) is 15.6 Å². The summed E-state index contributed by atoms with van der Waals surface area (Å²) in [6.07, 6.45) is 0. The zero-order valence-electron chi connectivity index (χ0n) is 9.21. The van der Waals surface area contributed by atoms with E-state index in [9.17, 15) is 4.79 Å². The largest absolute Gasteiger partial charge is 0.289 e. The zero-order chi connectivity index (χ0) is 12.4. The number of halogens is 2. The SMILES string of the molecule is Cc1ccc(C(=O)c2ccc(Br)cc2)c(Cl)c1. The van der Waals surface area contributed by atoms with Crippen LogP contribution in [0.4, 0.5) is 0 Å². The topological polar surface area (TPSA) is 17.1 Å². The van der Waals surface area contributed by atoms with Gasteiger partial charge in [-0.2, -0.15) is 0 Å². The lowest BCUT2D eigenvalue weighted by atomic mass is 10.0. The standard InChI is InChI=1S/C14H10BrClO/c1-9-2-7-12(13(16)8-9)14(17)10-3-5-11(15)6-4-10/h2-8H,1H3. The monoisotopic (exact) mass is 308 g/mol. The first-order valence-electron chi connectivity index (χ1n) is 5.14. The molecule has 0 radical (unpaired) electrons. The van der Waals surface area contributed by atoms with Gasteiger partial charge in [-0.15, -0.1) is 0 Å². The second-order valence-electron chi connectivity index (χ2n) is 3.82. The molecule has 2 aromatic carbocycles. The molecule has 17 heavy (non-hydrogen) atoms. The molecule has 0 aliphatic carbocycles. The Morgan fingerprint density at radius 1 is 1.12 bits per heavy atom. The summed E-state index contributed by atoms with van der Waals surface area (Å²) >= 11 is 9.41. The fourth-order valence-corrected chi connectivity index (χ4v) is 2.15. The number of hydrogen-bond acceptors (Lipinski definition) is 1. The number of carbonyl (C=O) groups excluding carboxylic acids is 1. The maximum Gasteiger partial charge on any atom is 0.194 e. The molecule has 0 spiro atoms. The predicted octanol–water partition coefficient (Wildman–Crippen LogP) is 4.64. The van der Waals surface area contributed by atoms with Crippen LogP contribution in [-0.2, 0) is 0 Å². The highest BCUT2D eigenvalue weighted by molar-refractivity contribution is 9.10. The van der Waals surface area contributed by atoms with Gasteiger partial charge < -0.3 is 0 Å². The molecule has 0 bridgehead atoms. The first-order chi connectivity index (χ1) is 8.08. The van der Waals surface area contributed by atoms with Crippen molar-refractivity contribution in [1.29, 1.82) is 0 Å². The lowest BCUT2D eigenvalue weighted by Crippen LogP contribution is -2.02. The van der Waals surface area contributed by atoms with Crippen molar-refractivity contribution in [3.05, 3.63) is 68.7 Å². The van der Waals surface area contributed by atoms with Gasteiger partial charge in [-0.3, -0.25) is 4.79 Å². The minimum absolute atomic E-state index is 0.0532. The summed E-state index contributed by atoms with van der Waals surface area (Å²) in [5, 5.41) is 0.498. The summed E-state index contributed by atoms with van der Waals surface area (Å²) in [6, 6.07) is 12.7. The molecule has 2 rings (SSSR count). The predicted molar refractivity (Wildman–Crippen MR) is 73.8 cm³/mol. The molecule has 0 N–H and O–H groups in total. The van der Waals surface area contributed by atoms with E-state index in [2.05, 4.69) is 15.9 Å². The van der Waals surface area contributed by atoms with Crippen molar-refractivity contribution < 1.29 is 4.79 Å². The molecule has 0 saturated heterocycles. The normalized spacial score (nSPS) is 10.3.